The number of sulfonamides is 1. The quantitative estimate of drug-likeness (QED) is 0.873. The van der Waals surface area contributed by atoms with Crippen LogP contribution in [-0.4, -0.2) is 26.6 Å². The summed E-state index contributed by atoms with van der Waals surface area (Å²) in [5, 5.41) is 2.84. The zero-order valence-corrected chi connectivity index (χ0v) is 14.9. The average Bonchev–Trinajstić information content (AvgIpc) is 2.54. The normalized spacial score (nSPS) is 12.5. The molecule has 2 rings (SSSR count). The highest BCUT2D eigenvalue weighted by molar-refractivity contribution is 7.92. The second-order valence-electron chi connectivity index (χ2n) is 5.62. The third-order valence-corrected chi connectivity index (χ3v) is 4.92. The summed E-state index contributed by atoms with van der Waals surface area (Å²) in [5.74, 6) is -0.346. The molecule has 1 atom stereocenters. The van der Waals surface area contributed by atoms with Gasteiger partial charge in [-0.1, -0.05) is 43.3 Å². The van der Waals surface area contributed by atoms with Gasteiger partial charge in [0.15, 0.2) is 0 Å². The van der Waals surface area contributed by atoms with E-state index in [2.05, 4.69) is 5.32 Å². The predicted molar refractivity (Wildman–Crippen MR) is 97.7 cm³/mol. The topological polar surface area (TPSA) is 66.5 Å². The molecule has 0 aliphatic rings. The van der Waals surface area contributed by atoms with Gasteiger partial charge in [0.1, 0.15) is 6.04 Å². The van der Waals surface area contributed by atoms with Crippen LogP contribution < -0.4 is 9.62 Å². The Morgan fingerprint density at radius 1 is 1.08 bits per heavy atom. The fraction of sp³-hybridized carbons (Fsp3) is 0.278. The second-order valence-corrected chi connectivity index (χ2v) is 7.48. The van der Waals surface area contributed by atoms with Crippen LogP contribution in [0.25, 0.3) is 0 Å². The van der Waals surface area contributed by atoms with E-state index < -0.39 is 16.1 Å². The van der Waals surface area contributed by atoms with Crippen LogP contribution in [0.15, 0.2) is 54.6 Å². The van der Waals surface area contributed by atoms with Crippen LogP contribution in [0.2, 0.25) is 0 Å². The number of aryl methyl sites for hydroxylation is 1. The third-order valence-electron chi connectivity index (χ3n) is 3.74. The Hall–Kier alpha value is -2.34. The lowest BCUT2D eigenvalue weighted by Gasteiger charge is -2.30. The average molecular weight is 346 g/mol. The van der Waals surface area contributed by atoms with Crippen LogP contribution in [0.5, 0.6) is 0 Å². The lowest BCUT2D eigenvalue weighted by molar-refractivity contribution is -0.117. The molecule has 0 bridgehead atoms. The van der Waals surface area contributed by atoms with Gasteiger partial charge in [0, 0.05) is 5.69 Å². The zero-order chi connectivity index (χ0) is 17.7. The van der Waals surface area contributed by atoms with Crippen LogP contribution in [0, 0.1) is 6.92 Å². The van der Waals surface area contributed by atoms with Gasteiger partial charge in [-0.3, -0.25) is 9.10 Å². The van der Waals surface area contributed by atoms with Crippen LogP contribution in [-0.2, 0) is 14.8 Å². The van der Waals surface area contributed by atoms with Gasteiger partial charge in [-0.15, -0.1) is 0 Å². The number of hydrogen-bond donors (Lipinski definition) is 1. The van der Waals surface area contributed by atoms with Gasteiger partial charge in [0.25, 0.3) is 0 Å². The van der Waals surface area contributed by atoms with Gasteiger partial charge in [-0.05, 0) is 37.1 Å². The molecular formula is C18H22N2O3S. The summed E-state index contributed by atoms with van der Waals surface area (Å²) < 4.78 is 25.8. The highest BCUT2D eigenvalue weighted by Gasteiger charge is 2.31. The van der Waals surface area contributed by atoms with E-state index in [1.807, 2.05) is 25.1 Å². The largest absolute Gasteiger partial charge is 0.324 e. The van der Waals surface area contributed by atoms with Crippen LogP contribution in [0.1, 0.15) is 18.9 Å². The molecule has 0 fully saturated rings. The SMILES string of the molecule is CC[C@@H](C(=O)Nc1ccccc1C)N(c1ccccc1)S(C)(=O)=O. The molecular weight excluding hydrogens is 324 g/mol. The minimum Gasteiger partial charge on any atom is -0.324 e. The molecule has 128 valence electrons. The van der Waals surface area contributed by atoms with Crippen molar-refractivity contribution in [2.75, 3.05) is 15.9 Å². The minimum atomic E-state index is -3.60. The Morgan fingerprint density at radius 3 is 2.21 bits per heavy atom. The molecule has 0 radical (unpaired) electrons. The summed E-state index contributed by atoms with van der Waals surface area (Å²) in [6.45, 7) is 3.69. The second kappa shape index (κ2) is 7.49. The number of hydrogen-bond acceptors (Lipinski definition) is 3. The fourth-order valence-electron chi connectivity index (χ4n) is 2.56. The van der Waals surface area contributed by atoms with Gasteiger partial charge < -0.3 is 5.32 Å². The Labute approximate surface area is 143 Å². The van der Waals surface area contributed by atoms with Crippen LogP contribution >= 0.6 is 0 Å². The molecule has 0 saturated carbocycles. The van der Waals surface area contributed by atoms with Crippen molar-refractivity contribution in [1.29, 1.82) is 0 Å². The van der Waals surface area contributed by atoms with E-state index >= 15 is 0 Å². The highest BCUT2D eigenvalue weighted by atomic mass is 32.2. The summed E-state index contributed by atoms with van der Waals surface area (Å²) in [4.78, 5) is 12.7. The smallest absolute Gasteiger partial charge is 0.248 e. The third kappa shape index (κ3) is 4.14. The Morgan fingerprint density at radius 2 is 1.67 bits per heavy atom. The molecule has 0 spiro atoms. The molecule has 24 heavy (non-hydrogen) atoms. The van der Waals surface area contributed by atoms with Crippen molar-refractivity contribution in [3.8, 4) is 0 Å². The number of carbonyl (C=O) groups is 1. The van der Waals surface area contributed by atoms with Crippen molar-refractivity contribution < 1.29 is 13.2 Å². The highest BCUT2D eigenvalue weighted by Crippen LogP contribution is 2.23. The van der Waals surface area contributed by atoms with E-state index in [1.54, 1.807) is 43.3 Å². The number of benzene rings is 2. The predicted octanol–water partition coefficient (Wildman–Crippen LogP) is 3.18. The van der Waals surface area contributed by atoms with Gasteiger partial charge in [0.05, 0.1) is 11.9 Å². The molecule has 6 heteroatoms. The van der Waals surface area contributed by atoms with Crippen molar-refractivity contribution in [1.82, 2.24) is 0 Å². The standard InChI is InChI=1S/C18H22N2O3S/c1-4-17(18(21)19-16-13-9-8-10-14(16)2)20(24(3,22)23)15-11-6-5-7-12-15/h5-13,17H,4H2,1-3H3,(H,19,21)/t17-/m0/s1. The number of anilines is 2. The molecule has 0 aromatic heterocycles. The first-order valence-electron chi connectivity index (χ1n) is 7.75. The van der Waals surface area contributed by atoms with Crippen molar-refractivity contribution >= 4 is 27.3 Å². The van der Waals surface area contributed by atoms with E-state index in [1.165, 1.54) is 4.31 Å². The molecule has 0 saturated heterocycles. The van der Waals surface area contributed by atoms with E-state index in [0.717, 1.165) is 11.8 Å². The number of carbonyl (C=O) groups excluding carboxylic acids is 1. The maximum atomic E-state index is 12.7. The first-order chi connectivity index (χ1) is 11.3. The van der Waals surface area contributed by atoms with Crippen molar-refractivity contribution in [2.24, 2.45) is 0 Å². The van der Waals surface area contributed by atoms with Gasteiger partial charge in [-0.2, -0.15) is 0 Å². The van der Waals surface area contributed by atoms with E-state index in [0.29, 0.717) is 17.8 Å². The first kappa shape index (κ1) is 18.0. The molecule has 2 aromatic carbocycles. The van der Waals surface area contributed by atoms with Crippen molar-refractivity contribution in [2.45, 2.75) is 26.3 Å². The van der Waals surface area contributed by atoms with Gasteiger partial charge >= 0.3 is 0 Å². The lowest BCUT2D eigenvalue weighted by atomic mass is 10.1. The Kier molecular flexibility index (Phi) is 5.62. The summed E-state index contributed by atoms with van der Waals surface area (Å²) in [5.41, 5.74) is 2.08. The van der Waals surface area contributed by atoms with Crippen LogP contribution in [0.3, 0.4) is 0 Å². The zero-order valence-electron chi connectivity index (χ0n) is 14.1. The van der Waals surface area contributed by atoms with Crippen molar-refractivity contribution in [3.05, 3.63) is 60.2 Å². The molecule has 0 unspecified atom stereocenters. The van der Waals surface area contributed by atoms with E-state index in [-0.39, 0.29) is 5.91 Å². The Bertz CT molecular complexity index is 804. The van der Waals surface area contributed by atoms with Gasteiger partial charge in [0.2, 0.25) is 15.9 Å². The number of para-hydroxylation sites is 2. The number of rotatable bonds is 6. The summed E-state index contributed by atoms with van der Waals surface area (Å²) >= 11 is 0. The first-order valence-corrected chi connectivity index (χ1v) is 9.60. The molecule has 1 N–H and O–H groups in total. The minimum absolute atomic E-state index is 0.346. The lowest BCUT2D eigenvalue weighted by Crippen LogP contribution is -2.47. The monoisotopic (exact) mass is 346 g/mol. The summed E-state index contributed by atoms with van der Waals surface area (Å²) in [6.07, 6.45) is 1.48. The number of nitrogens with zero attached hydrogens (tertiary/aromatic N) is 1. The van der Waals surface area contributed by atoms with Crippen molar-refractivity contribution in [3.63, 3.8) is 0 Å². The maximum Gasteiger partial charge on any atom is 0.248 e. The molecule has 0 aliphatic carbocycles. The molecule has 5 nitrogen and oxygen atoms in total. The maximum absolute atomic E-state index is 12.7. The number of nitrogens with one attached hydrogen (secondary N) is 1. The van der Waals surface area contributed by atoms with E-state index in [9.17, 15) is 13.2 Å². The summed E-state index contributed by atoms with van der Waals surface area (Å²) in [7, 11) is -3.60. The summed E-state index contributed by atoms with van der Waals surface area (Å²) in [6, 6.07) is 15.3. The Balaban J connectivity index is 2.36. The molecule has 2 aromatic rings. The molecule has 0 aliphatic heterocycles. The molecule has 0 heterocycles. The van der Waals surface area contributed by atoms with E-state index in [4.69, 9.17) is 0 Å². The fourth-order valence-corrected chi connectivity index (χ4v) is 3.78. The van der Waals surface area contributed by atoms with Gasteiger partial charge in [-0.25, -0.2) is 8.42 Å². The molecule has 1 amide bonds. The van der Waals surface area contributed by atoms with Crippen LogP contribution in [0.4, 0.5) is 11.4 Å². The number of amides is 1.